The van der Waals surface area contributed by atoms with E-state index in [9.17, 15) is 4.39 Å². The summed E-state index contributed by atoms with van der Waals surface area (Å²) in [5, 5.41) is 0.107. The molecular formula is C25H18ClFO. The zero-order chi connectivity index (χ0) is 19.5. The molecule has 4 rings (SSSR count). The molecule has 0 aliphatic carbocycles. The smallest absolute Gasteiger partial charge is 0.149 e. The van der Waals surface area contributed by atoms with Gasteiger partial charge in [-0.25, -0.2) is 4.39 Å². The molecule has 0 heterocycles. The molecule has 0 unspecified atom stereocenters. The molecule has 0 radical (unpaired) electrons. The highest BCUT2D eigenvalue weighted by Gasteiger charge is 2.17. The number of hydrogen-bond donors (Lipinski definition) is 0. The van der Waals surface area contributed by atoms with Crippen LogP contribution in [0.5, 0.6) is 5.75 Å². The van der Waals surface area contributed by atoms with E-state index in [2.05, 4.69) is 18.2 Å². The van der Waals surface area contributed by atoms with Gasteiger partial charge in [-0.1, -0.05) is 84.4 Å². The minimum atomic E-state index is -0.423. The van der Waals surface area contributed by atoms with Crippen LogP contribution in [-0.2, 0) is 0 Å². The van der Waals surface area contributed by atoms with E-state index in [0.717, 1.165) is 33.6 Å². The number of ether oxygens (including phenoxy) is 1. The lowest BCUT2D eigenvalue weighted by Gasteiger charge is -2.16. The largest absolute Gasteiger partial charge is 0.496 e. The normalized spacial score (nSPS) is 10.7. The van der Waals surface area contributed by atoms with Crippen molar-refractivity contribution in [2.45, 2.75) is 0 Å². The van der Waals surface area contributed by atoms with E-state index in [1.54, 1.807) is 25.3 Å². The van der Waals surface area contributed by atoms with Gasteiger partial charge >= 0.3 is 0 Å². The molecule has 28 heavy (non-hydrogen) atoms. The first-order valence-corrected chi connectivity index (χ1v) is 9.34. The molecule has 1 nitrogen and oxygen atoms in total. The van der Waals surface area contributed by atoms with Crippen LogP contribution in [0.25, 0.3) is 33.4 Å². The Labute approximate surface area is 169 Å². The van der Waals surface area contributed by atoms with Gasteiger partial charge in [0.1, 0.15) is 11.6 Å². The summed E-state index contributed by atoms with van der Waals surface area (Å²) in [5.41, 5.74) is 5.17. The zero-order valence-corrected chi connectivity index (χ0v) is 16.1. The predicted octanol–water partition coefficient (Wildman–Crippen LogP) is 7.49. The van der Waals surface area contributed by atoms with Gasteiger partial charge in [-0.2, -0.15) is 0 Å². The molecule has 0 aromatic heterocycles. The van der Waals surface area contributed by atoms with Crippen molar-refractivity contribution in [3.05, 3.63) is 102 Å². The Morgan fingerprint density at radius 1 is 0.643 bits per heavy atom. The lowest BCUT2D eigenvalue weighted by atomic mass is 9.90. The maximum atomic E-state index is 14.8. The van der Waals surface area contributed by atoms with E-state index in [1.165, 1.54) is 0 Å². The van der Waals surface area contributed by atoms with Gasteiger partial charge in [0.15, 0.2) is 0 Å². The van der Waals surface area contributed by atoms with Crippen LogP contribution in [0.15, 0.2) is 91.0 Å². The quantitative estimate of drug-likeness (QED) is 0.352. The predicted molar refractivity (Wildman–Crippen MR) is 114 cm³/mol. The summed E-state index contributed by atoms with van der Waals surface area (Å²) in [6.45, 7) is 0. The van der Waals surface area contributed by atoms with Gasteiger partial charge in [0.25, 0.3) is 0 Å². The molecule has 0 aliphatic rings. The fraction of sp³-hybridized carbons (Fsp3) is 0.0400. The third-order valence-electron chi connectivity index (χ3n) is 4.77. The van der Waals surface area contributed by atoms with Crippen molar-refractivity contribution in [1.29, 1.82) is 0 Å². The molecule has 0 spiro atoms. The number of benzene rings is 4. The average molecular weight is 389 g/mol. The topological polar surface area (TPSA) is 9.23 Å². The standard InChI is InChI=1S/C25H18ClFO/c1-28-24-13-6-5-10-20(24)22-16-18(17-8-3-2-4-9-17)14-15-19(22)21-11-7-12-23(26)25(21)27/h2-16H,1H3. The van der Waals surface area contributed by atoms with Crippen LogP contribution < -0.4 is 4.74 Å². The van der Waals surface area contributed by atoms with E-state index in [4.69, 9.17) is 16.3 Å². The van der Waals surface area contributed by atoms with E-state index in [0.29, 0.717) is 5.56 Å². The monoisotopic (exact) mass is 388 g/mol. The molecule has 0 fully saturated rings. The van der Waals surface area contributed by atoms with Gasteiger partial charge in [0.2, 0.25) is 0 Å². The average Bonchev–Trinajstić information content (AvgIpc) is 2.76. The first-order valence-electron chi connectivity index (χ1n) is 8.96. The summed E-state index contributed by atoms with van der Waals surface area (Å²) in [4.78, 5) is 0. The summed E-state index contributed by atoms with van der Waals surface area (Å²) < 4.78 is 20.4. The first kappa shape index (κ1) is 18.3. The Kier molecular flexibility index (Phi) is 5.14. The van der Waals surface area contributed by atoms with Gasteiger partial charge in [-0.15, -0.1) is 0 Å². The van der Waals surface area contributed by atoms with Crippen LogP contribution >= 0.6 is 11.6 Å². The molecule has 0 atom stereocenters. The van der Waals surface area contributed by atoms with Gasteiger partial charge in [-0.3, -0.25) is 0 Å². The Bertz CT molecular complexity index is 1120. The second-order valence-corrected chi connectivity index (χ2v) is 6.84. The number of hydrogen-bond acceptors (Lipinski definition) is 1. The molecule has 3 heteroatoms. The van der Waals surface area contributed by atoms with E-state index in [-0.39, 0.29) is 5.02 Å². The molecule has 0 saturated heterocycles. The molecular weight excluding hydrogens is 371 g/mol. The van der Waals surface area contributed by atoms with Crippen molar-refractivity contribution < 1.29 is 9.13 Å². The second kappa shape index (κ2) is 7.87. The highest BCUT2D eigenvalue weighted by molar-refractivity contribution is 6.31. The lowest BCUT2D eigenvalue weighted by molar-refractivity contribution is 0.416. The SMILES string of the molecule is COc1ccccc1-c1cc(-c2ccccc2)ccc1-c1cccc(Cl)c1F. The number of rotatable bonds is 4. The maximum Gasteiger partial charge on any atom is 0.149 e. The fourth-order valence-corrected chi connectivity index (χ4v) is 3.57. The first-order chi connectivity index (χ1) is 13.7. The van der Waals surface area contributed by atoms with E-state index in [1.807, 2.05) is 54.6 Å². The summed E-state index contributed by atoms with van der Waals surface area (Å²) in [5.74, 6) is 0.309. The van der Waals surface area contributed by atoms with Crippen LogP contribution in [0.1, 0.15) is 0 Å². The molecule has 4 aromatic carbocycles. The van der Waals surface area contributed by atoms with Gasteiger partial charge in [0.05, 0.1) is 12.1 Å². The molecule has 4 aromatic rings. The fourth-order valence-electron chi connectivity index (χ4n) is 3.39. The Balaban J connectivity index is 2.00. The zero-order valence-electron chi connectivity index (χ0n) is 15.3. The molecule has 0 aliphatic heterocycles. The molecule has 0 bridgehead atoms. The van der Waals surface area contributed by atoms with Crippen LogP contribution in [0.4, 0.5) is 4.39 Å². The van der Waals surface area contributed by atoms with E-state index < -0.39 is 5.82 Å². The van der Waals surface area contributed by atoms with Crippen LogP contribution in [0.2, 0.25) is 5.02 Å². The summed E-state index contributed by atoms with van der Waals surface area (Å²) in [6, 6.07) is 28.9. The van der Waals surface area contributed by atoms with E-state index >= 15 is 0 Å². The van der Waals surface area contributed by atoms with Crippen molar-refractivity contribution in [2.75, 3.05) is 7.11 Å². The molecule has 0 N–H and O–H groups in total. The summed E-state index contributed by atoms with van der Waals surface area (Å²) >= 11 is 6.05. The highest BCUT2D eigenvalue weighted by atomic mass is 35.5. The molecule has 0 amide bonds. The highest BCUT2D eigenvalue weighted by Crippen LogP contribution is 2.41. The van der Waals surface area contributed by atoms with Crippen molar-refractivity contribution in [3.63, 3.8) is 0 Å². The minimum absolute atomic E-state index is 0.107. The van der Waals surface area contributed by atoms with Gasteiger partial charge < -0.3 is 4.74 Å². The summed E-state index contributed by atoms with van der Waals surface area (Å²) in [6.07, 6.45) is 0. The number of halogens is 2. The van der Waals surface area contributed by atoms with Crippen molar-refractivity contribution in [3.8, 4) is 39.1 Å². The number of para-hydroxylation sites is 1. The maximum absolute atomic E-state index is 14.8. The minimum Gasteiger partial charge on any atom is -0.496 e. The molecule has 138 valence electrons. The lowest BCUT2D eigenvalue weighted by Crippen LogP contribution is -1.93. The Hall–Kier alpha value is -3.10. The van der Waals surface area contributed by atoms with Crippen LogP contribution in [-0.4, -0.2) is 7.11 Å². The van der Waals surface area contributed by atoms with Crippen molar-refractivity contribution in [2.24, 2.45) is 0 Å². The second-order valence-electron chi connectivity index (χ2n) is 6.43. The van der Waals surface area contributed by atoms with Crippen molar-refractivity contribution >= 4 is 11.6 Å². The van der Waals surface area contributed by atoms with Gasteiger partial charge in [0, 0.05) is 11.1 Å². The van der Waals surface area contributed by atoms with Crippen molar-refractivity contribution in [1.82, 2.24) is 0 Å². The number of methoxy groups -OCH3 is 1. The molecule has 0 saturated carbocycles. The van der Waals surface area contributed by atoms with Crippen LogP contribution in [0, 0.1) is 5.82 Å². The third kappa shape index (κ3) is 3.39. The van der Waals surface area contributed by atoms with Gasteiger partial charge in [-0.05, 0) is 40.5 Å². The Morgan fingerprint density at radius 3 is 2.14 bits per heavy atom. The Morgan fingerprint density at radius 2 is 1.36 bits per heavy atom. The third-order valence-corrected chi connectivity index (χ3v) is 5.06. The summed E-state index contributed by atoms with van der Waals surface area (Å²) in [7, 11) is 1.64. The van der Waals surface area contributed by atoms with Crippen LogP contribution in [0.3, 0.4) is 0 Å².